The number of carbonyl (C=O) groups excluding carboxylic acids is 1. The molecule has 1 saturated heterocycles. The van der Waals surface area contributed by atoms with Gasteiger partial charge < -0.3 is 11.1 Å². The Labute approximate surface area is 122 Å². The number of halogens is 2. The lowest BCUT2D eigenvalue weighted by atomic mass is 10.0. The molecule has 0 bridgehead atoms. The van der Waals surface area contributed by atoms with Gasteiger partial charge in [0.05, 0.1) is 0 Å². The van der Waals surface area contributed by atoms with Gasteiger partial charge in [-0.1, -0.05) is 29.3 Å². The smallest absolute Gasteiger partial charge is 0.239 e. The van der Waals surface area contributed by atoms with Gasteiger partial charge in [0.15, 0.2) is 0 Å². The Morgan fingerprint density at radius 2 is 1.95 bits per heavy atom. The molecule has 0 aliphatic carbocycles. The Bertz CT molecular complexity index is 439. The molecule has 1 aliphatic heterocycles. The van der Waals surface area contributed by atoms with Gasteiger partial charge in [-0.25, -0.2) is 0 Å². The second kappa shape index (κ2) is 6.57. The Hall–Kier alpha value is -0.810. The van der Waals surface area contributed by atoms with Crippen molar-refractivity contribution in [3.05, 3.63) is 33.8 Å². The minimum Gasteiger partial charge on any atom is -0.368 e. The number of amides is 1. The van der Waals surface area contributed by atoms with E-state index in [1.807, 2.05) is 4.90 Å². The second-order valence-corrected chi connectivity index (χ2v) is 5.39. The lowest BCUT2D eigenvalue weighted by Gasteiger charge is -2.29. The highest BCUT2D eigenvalue weighted by Gasteiger charge is 2.29. The van der Waals surface area contributed by atoms with E-state index in [1.165, 1.54) is 0 Å². The number of hydrogen-bond donors (Lipinski definition) is 2. The number of rotatable bonds is 3. The molecule has 1 aromatic rings. The predicted octanol–water partition coefficient (Wildman–Crippen LogP) is 1.82. The van der Waals surface area contributed by atoms with Gasteiger partial charge >= 0.3 is 0 Å². The van der Waals surface area contributed by atoms with E-state index < -0.39 is 11.9 Å². The molecule has 3 N–H and O–H groups in total. The summed E-state index contributed by atoms with van der Waals surface area (Å²) >= 11 is 12.4. The number of benzene rings is 1. The third-order valence-corrected chi connectivity index (χ3v) is 3.94. The van der Waals surface area contributed by atoms with E-state index >= 15 is 0 Å². The van der Waals surface area contributed by atoms with Crippen molar-refractivity contribution in [2.75, 3.05) is 26.2 Å². The lowest BCUT2D eigenvalue weighted by molar-refractivity contribution is -0.123. The van der Waals surface area contributed by atoms with Gasteiger partial charge in [-0.3, -0.25) is 9.69 Å². The summed E-state index contributed by atoms with van der Waals surface area (Å²) in [5, 5.41) is 4.25. The molecule has 1 aliphatic rings. The van der Waals surface area contributed by atoms with Gasteiger partial charge in [-0.15, -0.1) is 0 Å². The van der Waals surface area contributed by atoms with Gasteiger partial charge in [0.2, 0.25) is 5.91 Å². The van der Waals surface area contributed by atoms with Crippen LogP contribution in [0.4, 0.5) is 0 Å². The van der Waals surface area contributed by atoms with E-state index in [4.69, 9.17) is 28.9 Å². The molecule has 1 heterocycles. The predicted molar refractivity (Wildman–Crippen MR) is 77.5 cm³/mol. The van der Waals surface area contributed by atoms with Crippen molar-refractivity contribution in [3.63, 3.8) is 0 Å². The molecule has 1 aromatic carbocycles. The quantitative estimate of drug-likeness (QED) is 0.895. The third kappa shape index (κ3) is 3.39. The summed E-state index contributed by atoms with van der Waals surface area (Å²) in [4.78, 5) is 13.9. The zero-order chi connectivity index (χ0) is 13.8. The van der Waals surface area contributed by atoms with Crippen molar-refractivity contribution in [1.82, 2.24) is 10.2 Å². The summed E-state index contributed by atoms with van der Waals surface area (Å²) in [7, 11) is 0. The summed E-state index contributed by atoms with van der Waals surface area (Å²) < 4.78 is 0. The van der Waals surface area contributed by atoms with Crippen LogP contribution in [0.1, 0.15) is 18.0 Å². The van der Waals surface area contributed by atoms with Crippen LogP contribution in [-0.4, -0.2) is 37.0 Å². The topological polar surface area (TPSA) is 58.4 Å². The molecule has 6 heteroatoms. The number of carbonyl (C=O) groups is 1. The Morgan fingerprint density at radius 3 is 2.58 bits per heavy atom. The zero-order valence-corrected chi connectivity index (χ0v) is 12.0. The maximum Gasteiger partial charge on any atom is 0.239 e. The standard InChI is InChI=1S/C13H17Cl2N3O/c14-9-3-1-4-10(15)11(9)12(13(16)19)18-7-2-5-17-6-8-18/h1,3-4,12,17H,2,5-8H2,(H2,16,19). The highest BCUT2D eigenvalue weighted by molar-refractivity contribution is 6.36. The molecule has 1 unspecified atom stereocenters. The molecule has 0 radical (unpaired) electrons. The Balaban J connectivity index is 2.36. The fourth-order valence-corrected chi connectivity index (χ4v) is 3.01. The van der Waals surface area contributed by atoms with E-state index in [0.29, 0.717) is 15.6 Å². The van der Waals surface area contributed by atoms with E-state index in [2.05, 4.69) is 5.32 Å². The normalized spacial score (nSPS) is 18.8. The van der Waals surface area contributed by atoms with Crippen molar-refractivity contribution in [2.45, 2.75) is 12.5 Å². The number of nitrogens with two attached hydrogens (primary N) is 1. The minimum atomic E-state index is -0.568. The number of nitrogens with zero attached hydrogens (tertiary/aromatic N) is 1. The van der Waals surface area contributed by atoms with Crippen LogP contribution in [0, 0.1) is 0 Å². The van der Waals surface area contributed by atoms with Crippen molar-refractivity contribution in [2.24, 2.45) is 5.73 Å². The van der Waals surface area contributed by atoms with Crippen LogP contribution in [0.5, 0.6) is 0 Å². The molecule has 0 saturated carbocycles. The van der Waals surface area contributed by atoms with Crippen LogP contribution in [0.3, 0.4) is 0 Å². The van der Waals surface area contributed by atoms with Gasteiger partial charge in [-0.05, 0) is 25.1 Å². The van der Waals surface area contributed by atoms with Gasteiger partial charge in [0.1, 0.15) is 6.04 Å². The molecule has 1 atom stereocenters. The zero-order valence-electron chi connectivity index (χ0n) is 10.5. The highest BCUT2D eigenvalue weighted by Crippen LogP contribution is 2.33. The molecular weight excluding hydrogens is 285 g/mol. The Kier molecular flexibility index (Phi) is 5.05. The summed E-state index contributed by atoms with van der Waals surface area (Å²) in [5.41, 5.74) is 6.18. The first-order valence-corrected chi connectivity index (χ1v) is 7.05. The summed E-state index contributed by atoms with van der Waals surface area (Å²) in [5.74, 6) is -0.420. The SMILES string of the molecule is NC(=O)C(c1c(Cl)cccc1Cl)N1CCCNCC1. The van der Waals surface area contributed by atoms with Crippen LogP contribution in [0.2, 0.25) is 10.0 Å². The molecular formula is C13H17Cl2N3O. The molecule has 2 rings (SSSR count). The molecule has 19 heavy (non-hydrogen) atoms. The second-order valence-electron chi connectivity index (χ2n) is 4.58. The van der Waals surface area contributed by atoms with Crippen LogP contribution in [-0.2, 0) is 4.79 Å². The third-order valence-electron chi connectivity index (χ3n) is 3.28. The van der Waals surface area contributed by atoms with E-state index in [0.717, 1.165) is 32.6 Å². The van der Waals surface area contributed by atoms with Crippen molar-refractivity contribution < 1.29 is 4.79 Å². The molecule has 0 aromatic heterocycles. The first-order chi connectivity index (χ1) is 9.11. The Morgan fingerprint density at radius 1 is 1.26 bits per heavy atom. The minimum absolute atomic E-state index is 0.420. The maximum atomic E-state index is 11.9. The number of primary amides is 1. The van der Waals surface area contributed by atoms with Crippen LogP contribution < -0.4 is 11.1 Å². The molecule has 4 nitrogen and oxygen atoms in total. The summed E-state index contributed by atoms with van der Waals surface area (Å²) in [6.07, 6.45) is 0.964. The first-order valence-electron chi connectivity index (χ1n) is 6.29. The summed E-state index contributed by atoms with van der Waals surface area (Å²) in [6.45, 7) is 3.31. The lowest BCUT2D eigenvalue weighted by Crippen LogP contribution is -2.40. The average Bonchev–Trinajstić information content (AvgIpc) is 2.62. The van der Waals surface area contributed by atoms with E-state index in [9.17, 15) is 4.79 Å². The number of hydrogen-bond acceptors (Lipinski definition) is 3. The van der Waals surface area contributed by atoms with Crippen molar-refractivity contribution in [1.29, 1.82) is 0 Å². The first kappa shape index (κ1) is 14.6. The van der Waals surface area contributed by atoms with Crippen molar-refractivity contribution >= 4 is 29.1 Å². The molecule has 1 fully saturated rings. The average molecular weight is 302 g/mol. The van der Waals surface area contributed by atoms with Gasteiger partial charge in [-0.2, -0.15) is 0 Å². The van der Waals surface area contributed by atoms with Gasteiger partial charge in [0, 0.05) is 35.2 Å². The van der Waals surface area contributed by atoms with Crippen LogP contribution >= 0.6 is 23.2 Å². The molecule has 1 amide bonds. The summed E-state index contributed by atoms with van der Waals surface area (Å²) in [6, 6.07) is 4.65. The molecule has 0 spiro atoms. The maximum absolute atomic E-state index is 11.9. The van der Waals surface area contributed by atoms with Crippen LogP contribution in [0.25, 0.3) is 0 Å². The highest BCUT2D eigenvalue weighted by atomic mass is 35.5. The monoisotopic (exact) mass is 301 g/mol. The molecule has 104 valence electrons. The fourth-order valence-electron chi connectivity index (χ4n) is 2.40. The van der Waals surface area contributed by atoms with Crippen LogP contribution in [0.15, 0.2) is 18.2 Å². The van der Waals surface area contributed by atoms with E-state index in [1.54, 1.807) is 18.2 Å². The largest absolute Gasteiger partial charge is 0.368 e. The number of nitrogens with one attached hydrogen (secondary N) is 1. The van der Waals surface area contributed by atoms with Crippen molar-refractivity contribution in [3.8, 4) is 0 Å². The fraction of sp³-hybridized carbons (Fsp3) is 0.462. The van der Waals surface area contributed by atoms with Gasteiger partial charge in [0.25, 0.3) is 0 Å². The van der Waals surface area contributed by atoms with E-state index in [-0.39, 0.29) is 0 Å².